The zero-order chi connectivity index (χ0) is 15.0. The van der Waals surface area contributed by atoms with Crippen LogP contribution in [0.15, 0.2) is 53.6 Å². The van der Waals surface area contributed by atoms with E-state index in [1.807, 2.05) is 19.1 Å². The average molecular weight is 301 g/mol. The molecule has 2 aromatic carbocycles. The number of aryl methyl sites for hydroxylation is 1. The van der Waals surface area contributed by atoms with Gasteiger partial charge in [0.1, 0.15) is 4.90 Å². The third-order valence-electron chi connectivity index (χ3n) is 3.26. The Morgan fingerprint density at radius 1 is 1.10 bits per heavy atom. The van der Waals surface area contributed by atoms with E-state index in [9.17, 15) is 8.42 Å². The number of aromatic nitrogens is 1. The smallest absolute Gasteiger partial charge is 0.264 e. The summed E-state index contributed by atoms with van der Waals surface area (Å²) in [6.07, 6.45) is 1.47. The number of H-pyrrole nitrogens is 1. The Morgan fingerprint density at radius 2 is 1.81 bits per heavy atom. The molecule has 0 aliphatic rings. The van der Waals surface area contributed by atoms with Crippen LogP contribution in [0.25, 0.3) is 10.9 Å². The fourth-order valence-corrected chi connectivity index (χ4v) is 3.41. The minimum Gasteiger partial charge on any atom is -0.399 e. The van der Waals surface area contributed by atoms with E-state index in [1.54, 1.807) is 30.3 Å². The molecule has 4 N–H and O–H groups in total. The number of anilines is 2. The van der Waals surface area contributed by atoms with Gasteiger partial charge in [0.2, 0.25) is 0 Å². The van der Waals surface area contributed by atoms with Crippen molar-refractivity contribution in [3.05, 3.63) is 54.2 Å². The topological polar surface area (TPSA) is 88.0 Å². The molecule has 108 valence electrons. The van der Waals surface area contributed by atoms with Gasteiger partial charge in [-0.25, -0.2) is 8.42 Å². The Labute approximate surface area is 122 Å². The van der Waals surface area contributed by atoms with E-state index in [0.717, 1.165) is 5.56 Å². The fraction of sp³-hybridized carbons (Fsp3) is 0.0667. The van der Waals surface area contributed by atoms with Crippen molar-refractivity contribution in [3.63, 3.8) is 0 Å². The normalized spacial score (nSPS) is 11.7. The molecular weight excluding hydrogens is 286 g/mol. The summed E-state index contributed by atoms with van der Waals surface area (Å²) in [6, 6.07) is 12.3. The number of benzene rings is 2. The van der Waals surface area contributed by atoms with Crippen LogP contribution >= 0.6 is 0 Å². The molecule has 1 heterocycles. The van der Waals surface area contributed by atoms with Crippen molar-refractivity contribution in [2.75, 3.05) is 10.5 Å². The van der Waals surface area contributed by atoms with E-state index >= 15 is 0 Å². The molecule has 0 aliphatic carbocycles. The van der Waals surface area contributed by atoms with E-state index in [0.29, 0.717) is 22.3 Å². The lowest BCUT2D eigenvalue weighted by Crippen LogP contribution is -2.12. The number of nitrogen functional groups attached to an aromatic ring is 1. The number of hydrogen-bond donors (Lipinski definition) is 3. The van der Waals surface area contributed by atoms with Crippen LogP contribution in [-0.4, -0.2) is 13.4 Å². The van der Waals surface area contributed by atoms with E-state index in [-0.39, 0.29) is 4.90 Å². The summed E-state index contributed by atoms with van der Waals surface area (Å²) < 4.78 is 27.5. The fourth-order valence-electron chi connectivity index (χ4n) is 2.17. The Kier molecular flexibility index (Phi) is 3.10. The average Bonchev–Trinajstić information content (AvgIpc) is 2.85. The molecule has 0 aliphatic heterocycles. The molecule has 0 amide bonds. The molecule has 3 rings (SSSR count). The second-order valence-electron chi connectivity index (χ2n) is 4.93. The maximum absolute atomic E-state index is 12.5. The lowest BCUT2D eigenvalue weighted by atomic mass is 10.2. The van der Waals surface area contributed by atoms with Gasteiger partial charge in [-0.2, -0.15) is 0 Å². The van der Waals surface area contributed by atoms with Crippen molar-refractivity contribution < 1.29 is 8.42 Å². The van der Waals surface area contributed by atoms with Crippen molar-refractivity contribution in [2.45, 2.75) is 11.8 Å². The zero-order valence-electron chi connectivity index (χ0n) is 11.4. The number of nitrogens with two attached hydrogens (primary N) is 1. The maximum Gasteiger partial charge on any atom is 0.264 e. The Hall–Kier alpha value is -2.47. The van der Waals surface area contributed by atoms with Crippen molar-refractivity contribution in [3.8, 4) is 0 Å². The van der Waals surface area contributed by atoms with Crippen LogP contribution in [0, 0.1) is 6.92 Å². The summed E-state index contributed by atoms with van der Waals surface area (Å²) in [4.78, 5) is 3.14. The molecule has 5 nitrogen and oxygen atoms in total. The number of hydrogen-bond acceptors (Lipinski definition) is 3. The van der Waals surface area contributed by atoms with Crippen molar-refractivity contribution >= 4 is 32.3 Å². The summed E-state index contributed by atoms with van der Waals surface area (Å²) in [5.74, 6) is 0. The Balaban J connectivity index is 2.02. The third-order valence-corrected chi connectivity index (χ3v) is 4.68. The predicted octanol–water partition coefficient (Wildman–Crippen LogP) is 2.86. The molecule has 0 unspecified atom stereocenters. The van der Waals surface area contributed by atoms with Gasteiger partial charge in [0.05, 0.1) is 0 Å². The van der Waals surface area contributed by atoms with Crippen molar-refractivity contribution in [1.82, 2.24) is 4.98 Å². The molecule has 1 aromatic heterocycles. The minimum absolute atomic E-state index is 0.207. The number of nitrogens with one attached hydrogen (secondary N) is 2. The minimum atomic E-state index is -3.64. The highest BCUT2D eigenvalue weighted by Crippen LogP contribution is 2.26. The lowest BCUT2D eigenvalue weighted by molar-refractivity contribution is 0.602. The summed E-state index contributed by atoms with van der Waals surface area (Å²) >= 11 is 0. The van der Waals surface area contributed by atoms with Gasteiger partial charge in [0.15, 0.2) is 0 Å². The molecule has 21 heavy (non-hydrogen) atoms. The quantitative estimate of drug-likeness (QED) is 0.650. The predicted molar refractivity (Wildman–Crippen MR) is 84.7 cm³/mol. The molecule has 0 fully saturated rings. The van der Waals surface area contributed by atoms with Crippen LogP contribution in [0.2, 0.25) is 0 Å². The number of aromatic amines is 1. The van der Waals surface area contributed by atoms with Gasteiger partial charge in [0.25, 0.3) is 10.0 Å². The van der Waals surface area contributed by atoms with Gasteiger partial charge in [-0.1, -0.05) is 17.7 Å². The molecule has 3 aromatic rings. The molecule has 0 atom stereocenters. The second kappa shape index (κ2) is 4.82. The number of sulfonamides is 1. The summed E-state index contributed by atoms with van der Waals surface area (Å²) in [6.45, 7) is 1.95. The third kappa shape index (κ3) is 2.57. The number of fused-ring (bicyclic) bond motifs is 1. The second-order valence-corrected chi connectivity index (χ2v) is 6.58. The highest BCUT2D eigenvalue weighted by molar-refractivity contribution is 7.93. The highest BCUT2D eigenvalue weighted by Gasteiger charge is 2.19. The van der Waals surface area contributed by atoms with Crippen molar-refractivity contribution in [2.24, 2.45) is 0 Å². The zero-order valence-corrected chi connectivity index (χ0v) is 12.2. The van der Waals surface area contributed by atoms with E-state index < -0.39 is 10.0 Å². The van der Waals surface area contributed by atoms with Gasteiger partial charge in [-0.3, -0.25) is 4.72 Å². The van der Waals surface area contributed by atoms with E-state index in [1.165, 1.54) is 6.20 Å². The van der Waals surface area contributed by atoms with E-state index in [2.05, 4.69) is 9.71 Å². The van der Waals surface area contributed by atoms with Gasteiger partial charge >= 0.3 is 0 Å². The monoisotopic (exact) mass is 301 g/mol. The van der Waals surface area contributed by atoms with Crippen LogP contribution < -0.4 is 10.5 Å². The highest BCUT2D eigenvalue weighted by atomic mass is 32.2. The van der Waals surface area contributed by atoms with Crippen LogP contribution in [0.5, 0.6) is 0 Å². The van der Waals surface area contributed by atoms with Gasteiger partial charge in [0, 0.05) is 28.5 Å². The standard InChI is InChI=1S/C15H15N3O2S/c1-10-2-5-12(6-3-10)18-21(19,20)15-9-17-14-8-11(16)4-7-13(14)15/h2-9,17-18H,16H2,1H3. The molecule has 6 heteroatoms. The number of rotatable bonds is 3. The first-order chi connectivity index (χ1) is 9.95. The molecule has 0 bridgehead atoms. The van der Waals surface area contributed by atoms with Crippen LogP contribution in [0.4, 0.5) is 11.4 Å². The summed E-state index contributed by atoms with van der Waals surface area (Å²) in [5, 5.41) is 0.615. The van der Waals surface area contributed by atoms with Crippen LogP contribution in [0.1, 0.15) is 5.56 Å². The van der Waals surface area contributed by atoms with Gasteiger partial charge in [-0.15, -0.1) is 0 Å². The summed E-state index contributed by atoms with van der Waals surface area (Å²) in [7, 11) is -3.64. The van der Waals surface area contributed by atoms with Crippen molar-refractivity contribution in [1.29, 1.82) is 0 Å². The van der Waals surface area contributed by atoms with Gasteiger partial charge < -0.3 is 10.7 Å². The first-order valence-corrected chi connectivity index (χ1v) is 7.90. The first-order valence-electron chi connectivity index (χ1n) is 6.42. The Morgan fingerprint density at radius 3 is 2.52 bits per heavy atom. The molecule has 0 radical (unpaired) electrons. The maximum atomic E-state index is 12.5. The van der Waals surface area contributed by atoms with Crippen LogP contribution in [0.3, 0.4) is 0 Å². The van der Waals surface area contributed by atoms with Crippen LogP contribution in [-0.2, 0) is 10.0 Å². The largest absolute Gasteiger partial charge is 0.399 e. The lowest BCUT2D eigenvalue weighted by Gasteiger charge is -2.07. The Bertz CT molecular complexity index is 896. The molecular formula is C15H15N3O2S. The molecule has 0 saturated heterocycles. The SMILES string of the molecule is Cc1ccc(NS(=O)(=O)c2c[nH]c3cc(N)ccc23)cc1. The first kappa shape index (κ1) is 13.5. The molecule has 0 spiro atoms. The molecule has 0 saturated carbocycles. The summed E-state index contributed by atoms with van der Waals surface area (Å²) in [5.41, 5.74) is 8.57. The van der Waals surface area contributed by atoms with Gasteiger partial charge in [-0.05, 0) is 37.3 Å². The van der Waals surface area contributed by atoms with E-state index in [4.69, 9.17) is 5.73 Å².